The number of aliphatic hydroxyl groups is 1. The molecule has 0 amide bonds. The minimum absolute atomic E-state index is 0.261. The molecular formula is C16H18O2. The lowest BCUT2D eigenvalue weighted by Gasteiger charge is -2.01. The Balaban J connectivity index is 0.000000771. The molecular weight excluding hydrogens is 224 g/mol. The zero-order valence-corrected chi connectivity index (χ0v) is 10.5. The SMILES string of the molecule is CO.O=C(Cc1ccccc1)Cc1ccccc1. The van der Waals surface area contributed by atoms with Crippen LogP contribution in [0.5, 0.6) is 0 Å². The number of benzene rings is 2. The van der Waals surface area contributed by atoms with Crippen LogP contribution in [-0.4, -0.2) is 18.0 Å². The van der Waals surface area contributed by atoms with Crippen molar-refractivity contribution in [1.29, 1.82) is 0 Å². The molecule has 1 N–H and O–H groups in total. The molecule has 0 atom stereocenters. The second-order valence-electron chi connectivity index (χ2n) is 3.86. The van der Waals surface area contributed by atoms with Crippen LogP contribution in [-0.2, 0) is 17.6 Å². The van der Waals surface area contributed by atoms with Gasteiger partial charge in [0.05, 0.1) is 0 Å². The zero-order valence-electron chi connectivity index (χ0n) is 10.5. The first-order valence-electron chi connectivity index (χ1n) is 5.89. The summed E-state index contributed by atoms with van der Waals surface area (Å²) in [7, 11) is 1.00. The summed E-state index contributed by atoms with van der Waals surface area (Å²) < 4.78 is 0. The molecule has 94 valence electrons. The van der Waals surface area contributed by atoms with Crippen molar-refractivity contribution in [2.24, 2.45) is 0 Å². The highest BCUT2D eigenvalue weighted by molar-refractivity contribution is 5.83. The number of ketones is 1. The van der Waals surface area contributed by atoms with Crippen molar-refractivity contribution in [3.05, 3.63) is 71.8 Å². The van der Waals surface area contributed by atoms with E-state index in [1.54, 1.807) is 0 Å². The van der Waals surface area contributed by atoms with Crippen molar-refractivity contribution in [3.8, 4) is 0 Å². The van der Waals surface area contributed by atoms with Gasteiger partial charge in [0.25, 0.3) is 0 Å². The van der Waals surface area contributed by atoms with E-state index < -0.39 is 0 Å². The molecule has 2 nitrogen and oxygen atoms in total. The van der Waals surface area contributed by atoms with E-state index in [0.717, 1.165) is 18.2 Å². The van der Waals surface area contributed by atoms with Gasteiger partial charge in [-0.25, -0.2) is 0 Å². The summed E-state index contributed by atoms with van der Waals surface area (Å²) in [6, 6.07) is 19.7. The van der Waals surface area contributed by atoms with Crippen molar-refractivity contribution in [1.82, 2.24) is 0 Å². The Morgan fingerprint density at radius 2 is 1.11 bits per heavy atom. The topological polar surface area (TPSA) is 37.3 Å². The lowest BCUT2D eigenvalue weighted by atomic mass is 10.0. The second-order valence-corrected chi connectivity index (χ2v) is 3.86. The van der Waals surface area contributed by atoms with E-state index in [-0.39, 0.29) is 5.78 Å². The summed E-state index contributed by atoms with van der Waals surface area (Å²) in [6.45, 7) is 0. The number of carbonyl (C=O) groups excluding carboxylic acids is 1. The van der Waals surface area contributed by atoms with Crippen LogP contribution in [0.3, 0.4) is 0 Å². The van der Waals surface area contributed by atoms with Crippen LogP contribution in [0.4, 0.5) is 0 Å². The first kappa shape index (κ1) is 14.1. The van der Waals surface area contributed by atoms with E-state index in [4.69, 9.17) is 5.11 Å². The van der Waals surface area contributed by atoms with Gasteiger partial charge in [-0.05, 0) is 11.1 Å². The molecule has 0 aliphatic rings. The molecule has 0 radical (unpaired) electrons. The Kier molecular flexibility index (Phi) is 6.44. The van der Waals surface area contributed by atoms with Crippen molar-refractivity contribution in [2.45, 2.75) is 12.8 Å². The second kappa shape index (κ2) is 8.20. The minimum Gasteiger partial charge on any atom is -0.400 e. The third kappa shape index (κ3) is 4.93. The maximum absolute atomic E-state index is 11.8. The van der Waals surface area contributed by atoms with E-state index in [2.05, 4.69) is 0 Å². The van der Waals surface area contributed by atoms with Crippen LogP contribution >= 0.6 is 0 Å². The Morgan fingerprint density at radius 1 is 0.778 bits per heavy atom. The Bertz CT molecular complexity index is 406. The molecule has 0 unspecified atom stereocenters. The van der Waals surface area contributed by atoms with Gasteiger partial charge < -0.3 is 5.11 Å². The van der Waals surface area contributed by atoms with Gasteiger partial charge in [0, 0.05) is 20.0 Å². The molecule has 0 bridgehead atoms. The predicted octanol–water partition coefficient (Wildman–Crippen LogP) is 2.65. The lowest BCUT2D eigenvalue weighted by molar-refractivity contribution is -0.117. The molecule has 2 aromatic rings. The number of rotatable bonds is 4. The fourth-order valence-electron chi connectivity index (χ4n) is 1.71. The van der Waals surface area contributed by atoms with E-state index in [1.807, 2.05) is 60.7 Å². The molecule has 0 heterocycles. The van der Waals surface area contributed by atoms with Gasteiger partial charge in [0.2, 0.25) is 0 Å². The third-order valence-electron chi connectivity index (χ3n) is 2.49. The molecule has 18 heavy (non-hydrogen) atoms. The standard InChI is InChI=1S/C15H14O.CH4O/c16-15(11-13-7-3-1-4-8-13)12-14-9-5-2-6-10-14;1-2/h1-10H,11-12H2;2H,1H3. The number of aliphatic hydroxyl groups excluding tert-OH is 1. The number of carbonyl (C=O) groups is 1. The van der Waals surface area contributed by atoms with Gasteiger partial charge in [-0.3, -0.25) is 4.79 Å². The summed E-state index contributed by atoms with van der Waals surface area (Å²) in [5.41, 5.74) is 2.17. The molecule has 0 aromatic heterocycles. The van der Waals surface area contributed by atoms with Gasteiger partial charge in [-0.1, -0.05) is 60.7 Å². The first-order valence-corrected chi connectivity index (χ1v) is 5.89. The number of Topliss-reactive ketones (excluding diaryl/α,β-unsaturated/α-hetero) is 1. The third-order valence-corrected chi connectivity index (χ3v) is 2.49. The minimum atomic E-state index is 0.261. The van der Waals surface area contributed by atoms with E-state index in [0.29, 0.717) is 12.8 Å². The number of hydrogen-bond donors (Lipinski definition) is 1. The van der Waals surface area contributed by atoms with Crippen LogP contribution in [0.1, 0.15) is 11.1 Å². The Morgan fingerprint density at radius 3 is 1.44 bits per heavy atom. The van der Waals surface area contributed by atoms with Crippen molar-refractivity contribution >= 4 is 5.78 Å². The molecule has 2 rings (SSSR count). The summed E-state index contributed by atoms with van der Waals surface area (Å²) >= 11 is 0. The van der Waals surface area contributed by atoms with Gasteiger partial charge in [-0.15, -0.1) is 0 Å². The normalized spacial score (nSPS) is 9.22. The Hall–Kier alpha value is -1.93. The van der Waals surface area contributed by atoms with Gasteiger partial charge >= 0.3 is 0 Å². The highest BCUT2D eigenvalue weighted by atomic mass is 16.2. The molecule has 2 aromatic carbocycles. The lowest BCUT2D eigenvalue weighted by Crippen LogP contribution is -2.06. The quantitative estimate of drug-likeness (QED) is 0.895. The van der Waals surface area contributed by atoms with Crippen molar-refractivity contribution < 1.29 is 9.90 Å². The highest BCUT2D eigenvalue weighted by Crippen LogP contribution is 2.05. The molecule has 0 saturated heterocycles. The monoisotopic (exact) mass is 242 g/mol. The van der Waals surface area contributed by atoms with Crippen LogP contribution < -0.4 is 0 Å². The summed E-state index contributed by atoms with van der Waals surface area (Å²) in [4.78, 5) is 11.8. The van der Waals surface area contributed by atoms with Gasteiger partial charge in [-0.2, -0.15) is 0 Å². The maximum atomic E-state index is 11.8. The average Bonchev–Trinajstić information content (AvgIpc) is 2.43. The zero-order chi connectivity index (χ0) is 13.2. The van der Waals surface area contributed by atoms with Crippen LogP contribution in [0, 0.1) is 0 Å². The fraction of sp³-hybridized carbons (Fsp3) is 0.188. The number of hydrogen-bond acceptors (Lipinski definition) is 2. The summed E-state index contributed by atoms with van der Waals surface area (Å²) in [5, 5.41) is 7.00. The fourth-order valence-corrected chi connectivity index (χ4v) is 1.71. The molecule has 0 saturated carbocycles. The van der Waals surface area contributed by atoms with Crippen molar-refractivity contribution in [2.75, 3.05) is 7.11 Å². The van der Waals surface area contributed by atoms with Crippen molar-refractivity contribution in [3.63, 3.8) is 0 Å². The summed E-state index contributed by atoms with van der Waals surface area (Å²) in [6.07, 6.45) is 1.05. The predicted molar refractivity (Wildman–Crippen MR) is 73.4 cm³/mol. The molecule has 0 fully saturated rings. The summed E-state index contributed by atoms with van der Waals surface area (Å²) in [5.74, 6) is 0.261. The largest absolute Gasteiger partial charge is 0.400 e. The molecule has 0 aliphatic heterocycles. The van der Waals surface area contributed by atoms with Gasteiger partial charge in [0.1, 0.15) is 5.78 Å². The average molecular weight is 242 g/mol. The van der Waals surface area contributed by atoms with Crippen LogP contribution in [0.15, 0.2) is 60.7 Å². The van der Waals surface area contributed by atoms with E-state index in [1.165, 1.54) is 0 Å². The Labute approximate surface area is 108 Å². The van der Waals surface area contributed by atoms with E-state index >= 15 is 0 Å². The van der Waals surface area contributed by atoms with E-state index in [9.17, 15) is 4.79 Å². The molecule has 2 heteroatoms. The van der Waals surface area contributed by atoms with Crippen LogP contribution in [0.25, 0.3) is 0 Å². The van der Waals surface area contributed by atoms with Gasteiger partial charge in [0.15, 0.2) is 0 Å². The first-order chi connectivity index (χ1) is 8.84. The smallest absolute Gasteiger partial charge is 0.141 e. The molecule has 0 spiro atoms. The van der Waals surface area contributed by atoms with Crippen LogP contribution in [0.2, 0.25) is 0 Å². The maximum Gasteiger partial charge on any atom is 0.141 e. The molecule has 0 aliphatic carbocycles. The highest BCUT2D eigenvalue weighted by Gasteiger charge is 2.04.